The first-order chi connectivity index (χ1) is 9.31. The average molecular weight is 326 g/mol. The van der Waals surface area contributed by atoms with Crippen molar-refractivity contribution in [3.8, 4) is 17.0 Å². The van der Waals surface area contributed by atoms with E-state index in [-0.39, 0.29) is 24.8 Å². The maximum atomic E-state index is 5.23. The highest BCUT2D eigenvalue weighted by Crippen LogP contribution is 2.24. The number of fused-ring (bicyclic) bond motifs is 1. The van der Waals surface area contributed by atoms with E-state index >= 15 is 0 Å². The lowest BCUT2D eigenvalue weighted by Crippen LogP contribution is -1.91. The molecule has 0 bridgehead atoms. The maximum Gasteiger partial charge on any atom is 0.122 e. The van der Waals surface area contributed by atoms with E-state index in [0.717, 1.165) is 34.6 Å². The lowest BCUT2D eigenvalue weighted by atomic mass is 10.1. The van der Waals surface area contributed by atoms with Crippen molar-refractivity contribution < 1.29 is 4.74 Å². The Kier molecular flexibility index (Phi) is 6.00. The van der Waals surface area contributed by atoms with Crippen LogP contribution in [-0.4, -0.2) is 21.6 Å². The first kappa shape index (κ1) is 17.3. The fraction of sp³-hybridized carbons (Fsp3) is 0.200. The fourth-order valence-corrected chi connectivity index (χ4v) is 2.17. The summed E-state index contributed by atoms with van der Waals surface area (Å²) in [6.07, 6.45) is 3.62. The first-order valence-electron chi connectivity index (χ1n) is 6.27. The number of rotatable bonds is 3. The topological polar surface area (TPSA) is 39.9 Å². The van der Waals surface area contributed by atoms with E-state index in [1.165, 1.54) is 0 Å². The monoisotopic (exact) mass is 325 g/mol. The second-order valence-corrected chi connectivity index (χ2v) is 4.31. The van der Waals surface area contributed by atoms with Crippen LogP contribution in [0.5, 0.6) is 5.75 Å². The fourth-order valence-electron chi connectivity index (χ4n) is 2.17. The van der Waals surface area contributed by atoms with E-state index in [0.29, 0.717) is 0 Å². The van der Waals surface area contributed by atoms with Gasteiger partial charge in [-0.2, -0.15) is 0 Å². The van der Waals surface area contributed by atoms with E-state index in [9.17, 15) is 0 Å². The van der Waals surface area contributed by atoms with Crippen molar-refractivity contribution in [1.82, 2.24) is 14.5 Å². The van der Waals surface area contributed by atoms with Gasteiger partial charge in [0.05, 0.1) is 30.2 Å². The molecule has 4 nitrogen and oxygen atoms in total. The summed E-state index contributed by atoms with van der Waals surface area (Å²) in [5.74, 6) is 0.809. The summed E-state index contributed by atoms with van der Waals surface area (Å²) >= 11 is 0. The van der Waals surface area contributed by atoms with Gasteiger partial charge in [-0.05, 0) is 25.1 Å². The molecule has 0 saturated heterocycles. The third kappa shape index (κ3) is 3.28. The Morgan fingerprint density at radius 1 is 1.10 bits per heavy atom. The molecule has 0 spiro atoms. The molecule has 0 unspecified atom stereocenters. The van der Waals surface area contributed by atoms with Crippen LogP contribution in [0.3, 0.4) is 0 Å². The van der Waals surface area contributed by atoms with Gasteiger partial charge in [0.15, 0.2) is 0 Å². The summed E-state index contributed by atoms with van der Waals surface area (Å²) in [5.41, 5.74) is 4.08. The summed E-state index contributed by atoms with van der Waals surface area (Å²) < 4.78 is 7.35. The molecule has 0 aliphatic carbocycles. The van der Waals surface area contributed by atoms with Gasteiger partial charge in [0.25, 0.3) is 0 Å². The molecule has 6 heteroatoms. The van der Waals surface area contributed by atoms with E-state index < -0.39 is 0 Å². The number of nitrogens with zero attached hydrogens (tertiary/aromatic N) is 3. The molecule has 21 heavy (non-hydrogen) atoms. The summed E-state index contributed by atoms with van der Waals surface area (Å²) in [7, 11) is 1.66. The molecule has 0 fully saturated rings. The Hall–Kier alpha value is -1.78. The van der Waals surface area contributed by atoms with Gasteiger partial charge in [-0.25, -0.2) is 4.98 Å². The quantitative estimate of drug-likeness (QED) is 0.731. The summed E-state index contributed by atoms with van der Waals surface area (Å²) in [4.78, 5) is 8.80. The molecule has 0 N–H and O–H groups in total. The van der Waals surface area contributed by atoms with Gasteiger partial charge in [-0.15, -0.1) is 24.8 Å². The van der Waals surface area contributed by atoms with Gasteiger partial charge in [0.2, 0.25) is 0 Å². The van der Waals surface area contributed by atoms with Gasteiger partial charge in [-0.3, -0.25) is 4.98 Å². The van der Waals surface area contributed by atoms with Crippen molar-refractivity contribution in [3.63, 3.8) is 0 Å². The van der Waals surface area contributed by atoms with Crippen LogP contribution in [-0.2, 0) is 6.54 Å². The van der Waals surface area contributed by atoms with Crippen LogP contribution in [0.4, 0.5) is 0 Å². The predicted octanol–water partition coefficient (Wildman–Crippen LogP) is 3.97. The maximum absolute atomic E-state index is 5.23. The number of hydrogen-bond acceptors (Lipinski definition) is 3. The largest absolute Gasteiger partial charge is 0.497 e. The molecule has 0 amide bonds. The minimum absolute atomic E-state index is 0. The molecule has 3 aromatic rings. The SMILES string of the molecule is CCn1cnc2cc(-c3cc(OC)ccn3)ccc21.Cl.Cl. The van der Waals surface area contributed by atoms with E-state index in [4.69, 9.17) is 4.74 Å². The highest BCUT2D eigenvalue weighted by atomic mass is 35.5. The molecule has 3 rings (SSSR count). The first-order valence-corrected chi connectivity index (χ1v) is 6.27. The second-order valence-electron chi connectivity index (χ2n) is 4.31. The van der Waals surface area contributed by atoms with E-state index in [1.807, 2.05) is 18.5 Å². The van der Waals surface area contributed by atoms with Crippen molar-refractivity contribution in [2.24, 2.45) is 0 Å². The molecule has 0 aliphatic heterocycles. The molecule has 0 atom stereocenters. The lowest BCUT2D eigenvalue weighted by molar-refractivity contribution is 0.414. The van der Waals surface area contributed by atoms with Crippen LogP contribution in [0.25, 0.3) is 22.3 Å². The normalized spacial score (nSPS) is 9.81. The Morgan fingerprint density at radius 2 is 1.90 bits per heavy atom. The molecule has 0 saturated carbocycles. The highest BCUT2D eigenvalue weighted by molar-refractivity contribution is 5.85. The van der Waals surface area contributed by atoms with Crippen molar-refractivity contribution in [2.75, 3.05) is 7.11 Å². The number of benzene rings is 1. The Bertz CT molecular complexity index is 728. The van der Waals surface area contributed by atoms with Gasteiger partial charge in [0.1, 0.15) is 5.75 Å². The standard InChI is InChI=1S/C15H15N3O.2ClH/c1-3-18-10-17-14-8-11(4-5-15(14)18)13-9-12(19-2)6-7-16-13;;/h4-10H,3H2,1-2H3;2*1H. The number of halogens is 2. The van der Waals surface area contributed by atoms with Crippen LogP contribution < -0.4 is 4.74 Å². The van der Waals surface area contributed by atoms with Crippen LogP contribution in [0.1, 0.15) is 6.92 Å². The van der Waals surface area contributed by atoms with Gasteiger partial charge in [0, 0.05) is 24.4 Å². The van der Waals surface area contributed by atoms with Crippen molar-refractivity contribution in [2.45, 2.75) is 13.5 Å². The van der Waals surface area contributed by atoms with E-state index in [1.54, 1.807) is 13.3 Å². The number of aromatic nitrogens is 3. The van der Waals surface area contributed by atoms with Crippen LogP contribution in [0.2, 0.25) is 0 Å². The lowest BCUT2D eigenvalue weighted by Gasteiger charge is -2.04. The summed E-state index contributed by atoms with van der Waals surface area (Å²) in [6.45, 7) is 3.03. The zero-order chi connectivity index (χ0) is 13.2. The number of imidazole rings is 1. The molecule has 112 valence electrons. The van der Waals surface area contributed by atoms with Crippen LogP contribution >= 0.6 is 24.8 Å². The van der Waals surface area contributed by atoms with Crippen LogP contribution in [0.15, 0.2) is 42.9 Å². The van der Waals surface area contributed by atoms with Crippen LogP contribution in [0, 0.1) is 0 Å². The Morgan fingerprint density at radius 3 is 2.62 bits per heavy atom. The van der Waals surface area contributed by atoms with Crippen molar-refractivity contribution in [1.29, 1.82) is 0 Å². The molecular weight excluding hydrogens is 309 g/mol. The number of ether oxygens (including phenoxy) is 1. The number of methoxy groups -OCH3 is 1. The zero-order valence-corrected chi connectivity index (χ0v) is 13.4. The minimum Gasteiger partial charge on any atom is -0.497 e. The third-order valence-electron chi connectivity index (χ3n) is 3.22. The van der Waals surface area contributed by atoms with Gasteiger partial charge >= 0.3 is 0 Å². The molecular formula is C15H17Cl2N3O. The highest BCUT2D eigenvalue weighted by Gasteiger charge is 2.05. The second kappa shape index (κ2) is 7.29. The third-order valence-corrected chi connectivity index (χ3v) is 3.22. The summed E-state index contributed by atoms with van der Waals surface area (Å²) in [5, 5.41) is 0. The molecule has 0 radical (unpaired) electrons. The average Bonchev–Trinajstić information content (AvgIpc) is 2.89. The predicted molar refractivity (Wildman–Crippen MR) is 89.7 cm³/mol. The van der Waals surface area contributed by atoms with Gasteiger partial charge in [-0.1, -0.05) is 6.07 Å². The molecule has 2 aromatic heterocycles. The Labute approximate surface area is 136 Å². The summed E-state index contributed by atoms with van der Waals surface area (Å²) in [6, 6.07) is 9.98. The Balaban J connectivity index is 0.00000110. The molecule has 0 aliphatic rings. The zero-order valence-electron chi connectivity index (χ0n) is 11.8. The van der Waals surface area contributed by atoms with Crippen molar-refractivity contribution >= 4 is 35.8 Å². The number of pyridine rings is 1. The molecule has 2 heterocycles. The minimum atomic E-state index is 0. The number of hydrogen-bond donors (Lipinski definition) is 0. The molecule has 1 aromatic carbocycles. The smallest absolute Gasteiger partial charge is 0.122 e. The van der Waals surface area contributed by atoms with Crippen molar-refractivity contribution in [3.05, 3.63) is 42.9 Å². The van der Waals surface area contributed by atoms with E-state index in [2.05, 4.69) is 39.7 Å². The van der Waals surface area contributed by atoms with Gasteiger partial charge < -0.3 is 9.30 Å². The number of aryl methyl sites for hydroxylation is 1.